The number of nitrogens with one attached hydrogen (secondary N) is 1. The molecule has 118 valence electrons. The van der Waals surface area contributed by atoms with Crippen molar-refractivity contribution >= 4 is 17.5 Å². The van der Waals surface area contributed by atoms with Crippen molar-refractivity contribution in [2.45, 2.75) is 40.0 Å². The van der Waals surface area contributed by atoms with E-state index in [9.17, 15) is 0 Å². The summed E-state index contributed by atoms with van der Waals surface area (Å²) in [5, 5.41) is 3.35. The summed E-state index contributed by atoms with van der Waals surface area (Å²) in [6.07, 6.45) is 5.05. The average Bonchev–Trinajstić information content (AvgIpc) is 2.55. The molecule has 22 heavy (non-hydrogen) atoms. The monoisotopic (exact) mass is 298 g/mol. The Morgan fingerprint density at radius 2 is 1.73 bits per heavy atom. The Balaban J connectivity index is 2.20. The van der Waals surface area contributed by atoms with Crippen LogP contribution in [0, 0.1) is 0 Å². The standard InChI is InChI=1S/C18H26N4/c1-4-13-22(14-5-2)17-11-12-19-18(21-17)20-16-10-8-7-9-15(16)6-3/h7-12H,4-6,13-14H2,1-3H3,(H,19,20,21). The third-order valence-electron chi connectivity index (χ3n) is 3.60. The van der Waals surface area contributed by atoms with E-state index >= 15 is 0 Å². The number of rotatable bonds is 8. The van der Waals surface area contributed by atoms with E-state index in [2.05, 4.69) is 59.2 Å². The fraction of sp³-hybridized carbons (Fsp3) is 0.444. The Labute approximate surface area is 133 Å². The predicted octanol–water partition coefficient (Wildman–Crippen LogP) is 4.41. The number of benzene rings is 1. The lowest BCUT2D eigenvalue weighted by Crippen LogP contribution is -2.26. The summed E-state index contributed by atoms with van der Waals surface area (Å²) in [6, 6.07) is 10.3. The molecule has 1 aromatic heterocycles. The summed E-state index contributed by atoms with van der Waals surface area (Å²) in [6.45, 7) is 8.59. The number of hydrogen-bond acceptors (Lipinski definition) is 4. The lowest BCUT2D eigenvalue weighted by Gasteiger charge is -2.22. The highest BCUT2D eigenvalue weighted by molar-refractivity contribution is 5.59. The van der Waals surface area contributed by atoms with Crippen molar-refractivity contribution in [3.8, 4) is 0 Å². The molecule has 2 rings (SSSR count). The molecule has 0 saturated carbocycles. The van der Waals surface area contributed by atoms with Crippen molar-refractivity contribution in [2.75, 3.05) is 23.3 Å². The van der Waals surface area contributed by atoms with Crippen LogP contribution in [-0.4, -0.2) is 23.1 Å². The van der Waals surface area contributed by atoms with Gasteiger partial charge >= 0.3 is 0 Å². The third kappa shape index (κ3) is 4.20. The van der Waals surface area contributed by atoms with Gasteiger partial charge in [0.15, 0.2) is 0 Å². The molecule has 0 amide bonds. The van der Waals surface area contributed by atoms with Gasteiger partial charge in [-0.05, 0) is 37.0 Å². The second-order valence-corrected chi connectivity index (χ2v) is 5.36. The van der Waals surface area contributed by atoms with Crippen LogP contribution in [0.3, 0.4) is 0 Å². The zero-order valence-corrected chi connectivity index (χ0v) is 13.8. The van der Waals surface area contributed by atoms with Gasteiger partial charge in [-0.15, -0.1) is 0 Å². The minimum Gasteiger partial charge on any atom is -0.356 e. The number of nitrogens with zero attached hydrogens (tertiary/aromatic N) is 3. The molecule has 0 aliphatic heterocycles. The Morgan fingerprint density at radius 1 is 1.00 bits per heavy atom. The molecule has 4 heteroatoms. The average molecular weight is 298 g/mol. The van der Waals surface area contributed by atoms with Gasteiger partial charge in [0, 0.05) is 25.0 Å². The first kappa shape index (κ1) is 16.3. The summed E-state index contributed by atoms with van der Waals surface area (Å²) >= 11 is 0. The quantitative estimate of drug-likeness (QED) is 0.784. The number of aromatic nitrogens is 2. The molecule has 4 nitrogen and oxygen atoms in total. The second kappa shape index (κ2) is 8.37. The van der Waals surface area contributed by atoms with Crippen LogP contribution >= 0.6 is 0 Å². The van der Waals surface area contributed by atoms with E-state index in [-0.39, 0.29) is 0 Å². The summed E-state index contributed by atoms with van der Waals surface area (Å²) in [5.74, 6) is 1.66. The Hall–Kier alpha value is -2.10. The maximum absolute atomic E-state index is 4.68. The molecule has 0 radical (unpaired) electrons. The molecule has 0 aliphatic carbocycles. The smallest absolute Gasteiger partial charge is 0.229 e. The number of anilines is 3. The first-order valence-corrected chi connectivity index (χ1v) is 8.21. The summed E-state index contributed by atoms with van der Waals surface area (Å²) < 4.78 is 0. The fourth-order valence-corrected chi connectivity index (χ4v) is 2.54. The van der Waals surface area contributed by atoms with Crippen molar-refractivity contribution in [2.24, 2.45) is 0 Å². The number of hydrogen-bond donors (Lipinski definition) is 1. The third-order valence-corrected chi connectivity index (χ3v) is 3.60. The molecular weight excluding hydrogens is 272 g/mol. The maximum atomic E-state index is 4.68. The minimum atomic E-state index is 0.663. The molecule has 0 spiro atoms. The van der Waals surface area contributed by atoms with Crippen LogP contribution in [0.25, 0.3) is 0 Å². The fourth-order valence-electron chi connectivity index (χ4n) is 2.54. The van der Waals surface area contributed by atoms with Gasteiger partial charge < -0.3 is 10.2 Å². The van der Waals surface area contributed by atoms with E-state index < -0.39 is 0 Å². The molecule has 0 bridgehead atoms. The SMILES string of the molecule is CCCN(CCC)c1ccnc(Nc2ccccc2CC)n1. The Kier molecular flexibility index (Phi) is 6.19. The summed E-state index contributed by atoms with van der Waals surface area (Å²) in [4.78, 5) is 11.4. The van der Waals surface area contributed by atoms with Gasteiger partial charge in [-0.3, -0.25) is 0 Å². The highest BCUT2D eigenvalue weighted by Gasteiger charge is 2.08. The van der Waals surface area contributed by atoms with Gasteiger partial charge in [0.05, 0.1) is 0 Å². The van der Waals surface area contributed by atoms with Gasteiger partial charge in [-0.2, -0.15) is 4.98 Å². The molecule has 1 heterocycles. The first-order chi connectivity index (χ1) is 10.8. The van der Waals surface area contributed by atoms with Crippen LogP contribution in [0.2, 0.25) is 0 Å². The van der Waals surface area contributed by atoms with Crippen molar-refractivity contribution in [1.82, 2.24) is 9.97 Å². The van der Waals surface area contributed by atoms with E-state index in [0.29, 0.717) is 5.95 Å². The van der Waals surface area contributed by atoms with Crippen molar-refractivity contribution < 1.29 is 0 Å². The van der Waals surface area contributed by atoms with Crippen LogP contribution in [0.4, 0.5) is 17.5 Å². The lowest BCUT2D eigenvalue weighted by atomic mass is 10.1. The lowest BCUT2D eigenvalue weighted by molar-refractivity contribution is 0.733. The van der Waals surface area contributed by atoms with Crippen molar-refractivity contribution in [3.63, 3.8) is 0 Å². The van der Waals surface area contributed by atoms with Crippen LogP contribution < -0.4 is 10.2 Å². The minimum absolute atomic E-state index is 0.663. The normalized spacial score (nSPS) is 10.5. The Bertz CT molecular complexity index is 577. The topological polar surface area (TPSA) is 41.1 Å². The Morgan fingerprint density at radius 3 is 2.41 bits per heavy atom. The summed E-state index contributed by atoms with van der Waals surface area (Å²) in [7, 11) is 0. The van der Waals surface area contributed by atoms with Crippen molar-refractivity contribution in [3.05, 3.63) is 42.1 Å². The van der Waals surface area contributed by atoms with Crippen LogP contribution in [0.15, 0.2) is 36.5 Å². The molecule has 0 fully saturated rings. The van der Waals surface area contributed by atoms with E-state index in [1.165, 1.54) is 5.56 Å². The molecule has 2 aromatic rings. The van der Waals surface area contributed by atoms with Crippen LogP contribution in [0.5, 0.6) is 0 Å². The molecule has 0 unspecified atom stereocenters. The summed E-state index contributed by atoms with van der Waals surface area (Å²) in [5.41, 5.74) is 2.36. The molecular formula is C18H26N4. The van der Waals surface area contributed by atoms with Crippen molar-refractivity contribution in [1.29, 1.82) is 0 Å². The van der Waals surface area contributed by atoms with Crippen LogP contribution in [-0.2, 0) is 6.42 Å². The highest BCUT2D eigenvalue weighted by atomic mass is 15.2. The second-order valence-electron chi connectivity index (χ2n) is 5.36. The highest BCUT2D eigenvalue weighted by Crippen LogP contribution is 2.20. The van der Waals surface area contributed by atoms with Gasteiger partial charge in [0.1, 0.15) is 5.82 Å². The van der Waals surface area contributed by atoms with E-state index in [0.717, 1.165) is 43.9 Å². The molecule has 1 aromatic carbocycles. The largest absolute Gasteiger partial charge is 0.356 e. The van der Waals surface area contributed by atoms with Gasteiger partial charge in [0.25, 0.3) is 0 Å². The number of para-hydroxylation sites is 1. The zero-order valence-electron chi connectivity index (χ0n) is 13.8. The zero-order chi connectivity index (χ0) is 15.8. The molecule has 0 atom stereocenters. The van der Waals surface area contributed by atoms with Gasteiger partial charge in [-0.25, -0.2) is 4.98 Å². The van der Waals surface area contributed by atoms with E-state index in [4.69, 9.17) is 0 Å². The maximum Gasteiger partial charge on any atom is 0.229 e. The van der Waals surface area contributed by atoms with E-state index in [1.807, 2.05) is 18.3 Å². The first-order valence-electron chi connectivity index (χ1n) is 8.21. The van der Waals surface area contributed by atoms with E-state index in [1.54, 1.807) is 0 Å². The molecule has 0 saturated heterocycles. The molecule has 1 N–H and O–H groups in total. The predicted molar refractivity (Wildman–Crippen MR) is 93.9 cm³/mol. The van der Waals surface area contributed by atoms with Gasteiger partial charge in [-0.1, -0.05) is 39.0 Å². The molecule has 0 aliphatic rings. The number of aryl methyl sites for hydroxylation is 1. The van der Waals surface area contributed by atoms with Gasteiger partial charge in [0.2, 0.25) is 5.95 Å². The van der Waals surface area contributed by atoms with Crippen LogP contribution in [0.1, 0.15) is 39.2 Å².